The van der Waals surface area contributed by atoms with Crippen molar-refractivity contribution < 1.29 is 0 Å². The zero-order valence-corrected chi connectivity index (χ0v) is 10.6. The Kier molecular flexibility index (Phi) is 2.98. The quantitative estimate of drug-likeness (QED) is 0.549. The van der Waals surface area contributed by atoms with E-state index in [0.29, 0.717) is 0 Å². The maximum atomic E-state index is 5.71. The van der Waals surface area contributed by atoms with Crippen LogP contribution < -0.4 is 11.3 Å². The third kappa shape index (κ3) is 2.09. The van der Waals surface area contributed by atoms with Crippen LogP contribution in [0.3, 0.4) is 0 Å². The molecule has 3 aromatic rings. The van der Waals surface area contributed by atoms with Crippen molar-refractivity contribution >= 4 is 5.52 Å². The van der Waals surface area contributed by atoms with Gasteiger partial charge in [-0.05, 0) is 30.7 Å². The molecule has 0 saturated carbocycles. The molecular weight excluding hydrogens is 238 g/mol. The van der Waals surface area contributed by atoms with Crippen LogP contribution in [0.4, 0.5) is 0 Å². The Morgan fingerprint density at radius 3 is 2.84 bits per heavy atom. The van der Waals surface area contributed by atoms with E-state index in [1.165, 1.54) is 0 Å². The number of hydrazine groups is 1. The van der Waals surface area contributed by atoms with Gasteiger partial charge in [-0.15, -0.1) is 0 Å². The molecule has 0 fully saturated rings. The number of rotatable bonds is 3. The van der Waals surface area contributed by atoms with Gasteiger partial charge in [-0.25, -0.2) is 9.94 Å². The molecule has 0 aliphatic heterocycles. The summed E-state index contributed by atoms with van der Waals surface area (Å²) in [4.78, 5) is 4.32. The molecule has 96 valence electrons. The summed E-state index contributed by atoms with van der Waals surface area (Å²) >= 11 is 0. The highest BCUT2D eigenvalue weighted by molar-refractivity contribution is 5.56. The number of nitrogens with one attached hydrogen (secondary N) is 1. The number of aryl methyl sites for hydroxylation is 1. The van der Waals surface area contributed by atoms with E-state index in [9.17, 15) is 0 Å². The van der Waals surface area contributed by atoms with Crippen LogP contribution in [0.15, 0.2) is 48.9 Å². The SMILES string of the molecule is Cc1ccc(C(NN)c2cnn3ccccc23)cn1. The van der Waals surface area contributed by atoms with Crippen molar-refractivity contribution in [2.45, 2.75) is 13.0 Å². The van der Waals surface area contributed by atoms with E-state index in [-0.39, 0.29) is 6.04 Å². The summed E-state index contributed by atoms with van der Waals surface area (Å²) in [5.74, 6) is 5.71. The van der Waals surface area contributed by atoms with Gasteiger partial charge in [0.1, 0.15) is 0 Å². The predicted octanol–water partition coefficient (Wildman–Crippen LogP) is 1.59. The average molecular weight is 253 g/mol. The van der Waals surface area contributed by atoms with Gasteiger partial charge in [0.25, 0.3) is 0 Å². The first kappa shape index (κ1) is 11.8. The number of hydrogen-bond acceptors (Lipinski definition) is 4. The van der Waals surface area contributed by atoms with Crippen LogP contribution in [0.25, 0.3) is 5.52 Å². The first-order valence-electron chi connectivity index (χ1n) is 6.10. The van der Waals surface area contributed by atoms with Crippen LogP contribution in [-0.4, -0.2) is 14.6 Å². The van der Waals surface area contributed by atoms with E-state index >= 15 is 0 Å². The van der Waals surface area contributed by atoms with Gasteiger partial charge < -0.3 is 0 Å². The van der Waals surface area contributed by atoms with Crippen LogP contribution in [0.5, 0.6) is 0 Å². The Bertz CT molecular complexity index is 686. The van der Waals surface area contributed by atoms with Crippen LogP contribution in [0.2, 0.25) is 0 Å². The van der Waals surface area contributed by atoms with Gasteiger partial charge in [0.15, 0.2) is 0 Å². The number of fused-ring (bicyclic) bond motifs is 1. The molecule has 3 rings (SSSR count). The standard InChI is InChI=1S/C14H15N5/c1-10-5-6-11(8-16-10)14(18-15)12-9-17-19-7-3-2-4-13(12)19/h2-9,14,18H,15H2,1H3. The summed E-state index contributed by atoms with van der Waals surface area (Å²) in [7, 11) is 0. The van der Waals surface area contributed by atoms with E-state index in [1.54, 1.807) is 0 Å². The highest BCUT2D eigenvalue weighted by atomic mass is 15.3. The Morgan fingerprint density at radius 2 is 2.11 bits per heavy atom. The fourth-order valence-corrected chi connectivity index (χ4v) is 2.19. The third-order valence-electron chi connectivity index (χ3n) is 3.20. The topological polar surface area (TPSA) is 68.2 Å². The van der Waals surface area contributed by atoms with E-state index in [0.717, 1.165) is 22.3 Å². The molecule has 3 N–H and O–H groups in total. The van der Waals surface area contributed by atoms with Gasteiger partial charge in [0, 0.05) is 23.7 Å². The van der Waals surface area contributed by atoms with E-state index in [4.69, 9.17) is 5.84 Å². The molecule has 0 spiro atoms. The zero-order chi connectivity index (χ0) is 13.2. The smallest absolute Gasteiger partial charge is 0.0761 e. The molecule has 3 heterocycles. The summed E-state index contributed by atoms with van der Waals surface area (Å²) in [6, 6.07) is 9.84. The van der Waals surface area contributed by atoms with Gasteiger partial charge >= 0.3 is 0 Å². The molecular formula is C14H15N5. The van der Waals surface area contributed by atoms with Crippen molar-refractivity contribution in [3.05, 3.63) is 65.7 Å². The third-order valence-corrected chi connectivity index (χ3v) is 3.20. The second-order valence-corrected chi connectivity index (χ2v) is 4.46. The van der Waals surface area contributed by atoms with Gasteiger partial charge in [-0.1, -0.05) is 12.1 Å². The molecule has 0 aliphatic rings. The summed E-state index contributed by atoms with van der Waals surface area (Å²) in [6.07, 6.45) is 5.59. The van der Waals surface area contributed by atoms with Crippen molar-refractivity contribution in [1.82, 2.24) is 20.0 Å². The summed E-state index contributed by atoms with van der Waals surface area (Å²) < 4.78 is 1.83. The lowest BCUT2D eigenvalue weighted by molar-refractivity contribution is 0.638. The van der Waals surface area contributed by atoms with Gasteiger partial charge in [0.05, 0.1) is 17.8 Å². The average Bonchev–Trinajstić information content (AvgIpc) is 2.86. The first-order chi connectivity index (χ1) is 9.29. The number of nitrogens with zero attached hydrogens (tertiary/aromatic N) is 3. The Balaban J connectivity index is 2.09. The molecule has 0 aliphatic carbocycles. The van der Waals surface area contributed by atoms with Crippen molar-refractivity contribution in [3.63, 3.8) is 0 Å². The van der Waals surface area contributed by atoms with E-state index in [2.05, 4.69) is 15.5 Å². The molecule has 5 heteroatoms. The number of nitrogens with two attached hydrogens (primary N) is 1. The van der Waals surface area contributed by atoms with Gasteiger partial charge in [-0.3, -0.25) is 10.8 Å². The molecule has 0 radical (unpaired) electrons. The summed E-state index contributed by atoms with van der Waals surface area (Å²) in [5, 5.41) is 4.33. The number of aromatic nitrogens is 3. The Hall–Kier alpha value is -2.24. The van der Waals surface area contributed by atoms with E-state index in [1.807, 2.05) is 60.4 Å². The molecule has 19 heavy (non-hydrogen) atoms. The largest absolute Gasteiger partial charge is 0.271 e. The van der Waals surface area contributed by atoms with Gasteiger partial charge in [-0.2, -0.15) is 5.10 Å². The minimum absolute atomic E-state index is 0.118. The molecule has 1 atom stereocenters. The molecule has 1 unspecified atom stereocenters. The number of pyridine rings is 2. The fourth-order valence-electron chi connectivity index (χ4n) is 2.19. The fraction of sp³-hybridized carbons (Fsp3) is 0.143. The van der Waals surface area contributed by atoms with Crippen LogP contribution >= 0.6 is 0 Å². The molecule has 5 nitrogen and oxygen atoms in total. The highest BCUT2D eigenvalue weighted by Crippen LogP contribution is 2.24. The van der Waals surface area contributed by atoms with E-state index < -0.39 is 0 Å². The molecule has 0 aromatic carbocycles. The lowest BCUT2D eigenvalue weighted by Gasteiger charge is -2.15. The van der Waals surface area contributed by atoms with Crippen molar-refractivity contribution in [3.8, 4) is 0 Å². The Morgan fingerprint density at radius 1 is 1.21 bits per heavy atom. The normalized spacial score (nSPS) is 12.7. The molecule has 0 saturated heterocycles. The lowest BCUT2D eigenvalue weighted by atomic mass is 10.0. The maximum absolute atomic E-state index is 5.71. The first-order valence-corrected chi connectivity index (χ1v) is 6.10. The second kappa shape index (κ2) is 4.79. The molecule has 0 amide bonds. The van der Waals surface area contributed by atoms with Crippen molar-refractivity contribution in [2.24, 2.45) is 5.84 Å². The molecule has 0 bridgehead atoms. The minimum Gasteiger partial charge on any atom is -0.271 e. The summed E-state index contributed by atoms with van der Waals surface area (Å²) in [5.41, 5.74) is 6.91. The van der Waals surface area contributed by atoms with Crippen molar-refractivity contribution in [1.29, 1.82) is 0 Å². The zero-order valence-electron chi connectivity index (χ0n) is 10.6. The Labute approximate surface area is 111 Å². The lowest BCUT2D eigenvalue weighted by Crippen LogP contribution is -2.28. The van der Waals surface area contributed by atoms with Crippen LogP contribution in [-0.2, 0) is 0 Å². The number of hydrogen-bond donors (Lipinski definition) is 2. The van der Waals surface area contributed by atoms with Crippen LogP contribution in [0.1, 0.15) is 22.9 Å². The second-order valence-electron chi connectivity index (χ2n) is 4.46. The summed E-state index contributed by atoms with van der Waals surface area (Å²) in [6.45, 7) is 1.96. The monoisotopic (exact) mass is 253 g/mol. The minimum atomic E-state index is -0.118. The van der Waals surface area contributed by atoms with Crippen molar-refractivity contribution in [2.75, 3.05) is 0 Å². The van der Waals surface area contributed by atoms with Crippen LogP contribution in [0, 0.1) is 6.92 Å². The maximum Gasteiger partial charge on any atom is 0.0761 e. The predicted molar refractivity (Wildman–Crippen MR) is 73.3 cm³/mol. The van der Waals surface area contributed by atoms with Gasteiger partial charge in [0.2, 0.25) is 0 Å². The molecule has 3 aromatic heterocycles. The highest BCUT2D eigenvalue weighted by Gasteiger charge is 2.17.